The summed E-state index contributed by atoms with van der Waals surface area (Å²) in [5.41, 5.74) is 0.845. The molecular formula is C18H14Cl2N2O3. The molecule has 0 aliphatic rings. The van der Waals surface area contributed by atoms with Crippen molar-refractivity contribution in [2.75, 3.05) is 14.2 Å². The molecule has 0 spiro atoms. The summed E-state index contributed by atoms with van der Waals surface area (Å²) in [4.78, 5) is 19.5. The number of nitrogens with one attached hydrogen (secondary N) is 1. The topological polar surface area (TPSA) is 64.2 Å². The van der Waals surface area contributed by atoms with Gasteiger partial charge in [-0.1, -0.05) is 41.4 Å². The van der Waals surface area contributed by atoms with Crippen molar-refractivity contribution in [2.45, 2.75) is 0 Å². The maximum absolute atomic E-state index is 12.4. The number of methoxy groups -OCH3 is 2. The second-order valence-electron chi connectivity index (χ2n) is 5.15. The highest BCUT2D eigenvalue weighted by atomic mass is 35.5. The third kappa shape index (κ3) is 3.48. The molecule has 25 heavy (non-hydrogen) atoms. The van der Waals surface area contributed by atoms with Gasteiger partial charge in [0.15, 0.2) is 17.3 Å². The third-order valence-electron chi connectivity index (χ3n) is 3.62. The van der Waals surface area contributed by atoms with E-state index in [-0.39, 0.29) is 16.4 Å². The highest BCUT2D eigenvalue weighted by molar-refractivity contribution is 6.51. The van der Waals surface area contributed by atoms with E-state index in [9.17, 15) is 4.79 Å². The SMILES string of the molecule is COc1cc2nc(/C(Cl)=C/c3ccccc3Cl)[nH]c(=O)c2cc1OC. The summed E-state index contributed by atoms with van der Waals surface area (Å²) in [6.07, 6.45) is 1.65. The summed E-state index contributed by atoms with van der Waals surface area (Å²) in [5.74, 6) is 1.17. The molecule has 1 N–H and O–H groups in total. The molecule has 0 aliphatic heterocycles. The van der Waals surface area contributed by atoms with E-state index in [4.69, 9.17) is 32.7 Å². The fraction of sp³-hybridized carbons (Fsp3) is 0.111. The fourth-order valence-corrected chi connectivity index (χ4v) is 2.77. The largest absolute Gasteiger partial charge is 0.493 e. The van der Waals surface area contributed by atoms with Crippen LogP contribution >= 0.6 is 23.2 Å². The molecule has 3 aromatic rings. The number of aromatic nitrogens is 2. The smallest absolute Gasteiger partial charge is 0.259 e. The zero-order chi connectivity index (χ0) is 18.0. The molecule has 0 bridgehead atoms. The standard InChI is InChI=1S/C18H14Cl2N2O3/c1-24-15-8-11-14(9-16(15)25-2)21-17(22-18(11)23)13(20)7-10-5-3-4-6-12(10)19/h3-9H,1-2H3,(H,21,22,23)/b13-7-. The average molecular weight is 377 g/mol. The number of halogens is 2. The van der Waals surface area contributed by atoms with E-state index in [0.717, 1.165) is 5.56 Å². The van der Waals surface area contributed by atoms with Gasteiger partial charge in [0.25, 0.3) is 5.56 Å². The van der Waals surface area contributed by atoms with Crippen molar-refractivity contribution in [3.8, 4) is 11.5 Å². The number of H-pyrrole nitrogens is 1. The molecule has 7 heteroatoms. The molecule has 0 amide bonds. The Morgan fingerprint density at radius 2 is 1.84 bits per heavy atom. The van der Waals surface area contributed by atoms with Crippen LogP contribution in [0.4, 0.5) is 0 Å². The number of rotatable bonds is 4. The lowest BCUT2D eigenvalue weighted by atomic mass is 10.2. The van der Waals surface area contributed by atoms with Crippen molar-refractivity contribution in [3.63, 3.8) is 0 Å². The molecule has 1 heterocycles. The van der Waals surface area contributed by atoms with Gasteiger partial charge in [-0.15, -0.1) is 0 Å². The lowest BCUT2D eigenvalue weighted by molar-refractivity contribution is 0.355. The Kier molecular flexibility index (Phi) is 4.97. The molecule has 5 nitrogen and oxygen atoms in total. The lowest BCUT2D eigenvalue weighted by Crippen LogP contribution is -2.11. The second-order valence-corrected chi connectivity index (χ2v) is 5.97. The average Bonchev–Trinajstić information content (AvgIpc) is 2.62. The minimum atomic E-state index is -0.327. The first kappa shape index (κ1) is 17.3. The maximum atomic E-state index is 12.4. The van der Waals surface area contributed by atoms with E-state index in [1.165, 1.54) is 14.2 Å². The van der Waals surface area contributed by atoms with Crippen molar-refractivity contribution >= 4 is 45.2 Å². The first-order valence-corrected chi connectivity index (χ1v) is 8.07. The quantitative estimate of drug-likeness (QED) is 0.735. The molecular weight excluding hydrogens is 363 g/mol. The monoisotopic (exact) mass is 376 g/mol. The Morgan fingerprint density at radius 1 is 1.16 bits per heavy atom. The van der Waals surface area contributed by atoms with Crippen molar-refractivity contribution in [1.82, 2.24) is 9.97 Å². The predicted octanol–water partition coefficient (Wildman–Crippen LogP) is 4.33. The van der Waals surface area contributed by atoms with Gasteiger partial charge in [-0.25, -0.2) is 4.98 Å². The van der Waals surface area contributed by atoms with Crippen LogP contribution < -0.4 is 15.0 Å². The van der Waals surface area contributed by atoms with Gasteiger partial charge in [-0.3, -0.25) is 4.79 Å². The van der Waals surface area contributed by atoms with Gasteiger partial charge in [0.1, 0.15) is 0 Å². The summed E-state index contributed by atoms with van der Waals surface area (Å²) in [6.45, 7) is 0. The predicted molar refractivity (Wildman–Crippen MR) is 101 cm³/mol. The Bertz CT molecular complexity index is 1030. The van der Waals surface area contributed by atoms with E-state index in [0.29, 0.717) is 27.4 Å². The minimum absolute atomic E-state index is 0.242. The van der Waals surface area contributed by atoms with Crippen LogP contribution in [0.15, 0.2) is 41.2 Å². The Labute approximate surface area is 153 Å². The van der Waals surface area contributed by atoms with E-state index in [1.54, 1.807) is 24.3 Å². The highest BCUT2D eigenvalue weighted by Gasteiger charge is 2.12. The number of hydrogen-bond acceptors (Lipinski definition) is 4. The zero-order valence-electron chi connectivity index (χ0n) is 13.5. The number of fused-ring (bicyclic) bond motifs is 1. The van der Waals surface area contributed by atoms with Crippen LogP contribution in [0.3, 0.4) is 0 Å². The summed E-state index contributed by atoms with van der Waals surface area (Å²) in [5, 5.41) is 1.20. The molecule has 0 radical (unpaired) electrons. The number of nitrogens with zero attached hydrogens (tertiary/aromatic N) is 1. The molecule has 1 aromatic heterocycles. The number of aromatic amines is 1. The van der Waals surface area contributed by atoms with Crippen LogP contribution in [0.25, 0.3) is 22.0 Å². The Morgan fingerprint density at radius 3 is 2.52 bits per heavy atom. The van der Waals surface area contributed by atoms with Crippen LogP contribution in [0, 0.1) is 0 Å². The van der Waals surface area contributed by atoms with Gasteiger partial charge >= 0.3 is 0 Å². The van der Waals surface area contributed by atoms with Crippen LogP contribution in [0.1, 0.15) is 11.4 Å². The number of ether oxygens (including phenoxy) is 2. The molecule has 0 saturated heterocycles. The second kappa shape index (κ2) is 7.17. The van der Waals surface area contributed by atoms with Crippen LogP contribution in [-0.2, 0) is 0 Å². The van der Waals surface area contributed by atoms with E-state index in [2.05, 4.69) is 9.97 Å². The summed E-state index contributed by atoms with van der Waals surface area (Å²) >= 11 is 12.5. The summed E-state index contributed by atoms with van der Waals surface area (Å²) < 4.78 is 10.5. The van der Waals surface area contributed by atoms with E-state index in [1.807, 2.05) is 18.2 Å². The molecule has 128 valence electrons. The summed E-state index contributed by atoms with van der Waals surface area (Å²) in [7, 11) is 3.02. The highest BCUT2D eigenvalue weighted by Crippen LogP contribution is 2.31. The normalized spacial score (nSPS) is 11.6. The number of hydrogen-bond donors (Lipinski definition) is 1. The van der Waals surface area contributed by atoms with E-state index < -0.39 is 0 Å². The van der Waals surface area contributed by atoms with Crippen molar-refractivity contribution < 1.29 is 9.47 Å². The minimum Gasteiger partial charge on any atom is -0.493 e. The van der Waals surface area contributed by atoms with Gasteiger partial charge in [0.2, 0.25) is 0 Å². The van der Waals surface area contributed by atoms with Crippen molar-refractivity contribution in [2.24, 2.45) is 0 Å². The molecule has 2 aromatic carbocycles. The van der Waals surface area contributed by atoms with Gasteiger partial charge in [-0.05, 0) is 23.8 Å². The molecule has 3 rings (SSSR count). The van der Waals surface area contributed by atoms with Gasteiger partial charge in [-0.2, -0.15) is 0 Å². The molecule has 0 fully saturated rings. The van der Waals surface area contributed by atoms with Gasteiger partial charge in [0.05, 0.1) is 30.2 Å². The Balaban J connectivity index is 2.14. The molecule has 0 unspecified atom stereocenters. The van der Waals surface area contributed by atoms with Gasteiger partial charge < -0.3 is 14.5 Å². The van der Waals surface area contributed by atoms with E-state index >= 15 is 0 Å². The first-order chi connectivity index (χ1) is 12.0. The van der Waals surface area contributed by atoms with Crippen molar-refractivity contribution in [1.29, 1.82) is 0 Å². The first-order valence-electron chi connectivity index (χ1n) is 7.31. The van der Waals surface area contributed by atoms with Gasteiger partial charge in [0, 0.05) is 11.1 Å². The van der Waals surface area contributed by atoms with Crippen LogP contribution in [0.5, 0.6) is 11.5 Å². The summed E-state index contributed by atoms with van der Waals surface area (Å²) in [6, 6.07) is 10.4. The molecule has 0 saturated carbocycles. The lowest BCUT2D eigenvalue weighted by Gasteiger charge is -2.09. The Hall–Kier alpha value is -2.50. The molecule has 0 aliphatic carbocycles. The fourth-order valence-electron chi connectivity index (χ4n) is 2.38. The number of benzene rings is 2. The van der Waals surface area contributed by atoms with Crippen molar-refractivity contribution in [3.05, 3.63) is 63.2 Å². The van der Waals surface area contributed by atoms with Crippen LogP contribution in [-0.4, -0.2) is 24.2 Å². The van der Waals surface area contributed by atoms with Crippen LogP contribution in [0.2, 0.25) is 5.02 Å². The zero-order valence-corrected chi connectivity index (χ0v) is 15.0. The maximum Gasteiger partial charge on any atom is 0.259 e. The third-order valence-corrected chi connectivity index (χ3v) is 4.26. The molecule has 0 atom stereocenters.